The molecule has 0 aromatic heterocycles. The number of carboxylic acids is 1. The summed E-state index contributed by atoms with van der Waals surface area (Å²) in [5, 5.41) is 8.89. The molecule has 2 aliphatic rings. The molecule has 118 valence electrons. The summed E-state index contributed by atoms with van der Waals surface area (Å²) < 4.78 is 43.4. The molecular weight excluding hydrogens is 297 g/mol. The smallest absolute Gasteiger partial charge is 0.416 e. The van der Waals surface area contributed by atoms with Crippen molar-refractivity contribution < 1.29 is 37.4 Å². The molecule has 0 spiro atoms. The quantitative estimate of drug-likeness (QED) is 0.807. The number of hydrogen-bond donors (Lipinski definition) is 1. The molecule has 0 aliphatic carbocycles. The molecule has 2 saturated heterocycles. The Bertz CT molecular complexity index is 481. The summed E-state index contributed by atoms with van der Waals surface area (Å²) in [6.07, 6.45) is -6.35. The number of hydrogen-bond acceptors (Lipinski definition) is 5. The van der Waals surface area contributed by atoms with Gasteiger partial charge in [0, 0.05) is 13.1 Å². The van der Waals surface area contributed by atoms with Gasteiger partial charge in [-0.05, 0) is 6.42 Å². The van der Waals surface area contributed by atoms with E-state index in [-0.39, 0.29) is 19.7 Å². The largest absolute Gasteiger partial charge is 0.481 e. The Morgan fingerprint density at radius 3 is 2.43 bits per heavy atom. The Labute approximate surface area is 117 Å². The van der Waals surface area contributed by atoms with Crippen LogP contribution in [0.3, 0.4) is 0 Å². The maximum Gasteiger partial charge on any atom is 0.416 e. The van der Waals surface area contributed by atoms with Crippen LogP contribution in [0, 0.1) is 5.41 Å². The maximum atomic E-state index is 13.0. The Morgan fingerprint density at radius 2 is 2.00 bits per heavy atom. The fraction of sp³-hybridized carbons (Fsp3) is 0.727. The van der Waals surface area contributed by atoms with Crippen LogP contribution in [0.1, 0.15) is 6.42 Å². The molecule has 1 unspecified atom stereocenters. The van der Waals surface area contributed by atoms with Crippen LogP contribution in [0.2, 0.25) is 0 Å². The second-order valence-corrected chi connectivity index (χ2v) is 5.01. The molecular formula is C11H13F3N2O5. The number of amides is 2. The third-order valence-corrected chi connectivity index (χ3v) is 3.72. The monoisotopic (exact) mass is 310 g/mol. The molecule has 7 nitrogen and oxygen atoms in total. The maximum absolute atomic E-state index is 13.0. The van der Waals surface area contributed by atoms with Gasteiger partial charge >= 0.3 is 18.2 Å². The Balaban J connectivity index is 2.03. The molecule has 0 radical (unpaired) electrons. The van der Waals surface area contributed by atoms with Gasteiger partial charge in [-0.3, -0.25) is 14.5 Å². The predicted octanol–water partition coefficient (Wildman–Crippen LogP) is 0.304. The average molecular weight is 310 g/mol. The Hall–Kier alpha value is -1.84. The van der Waals surface area contributed by atoms with Gasteiger partial charge in [0.25, 0.3) is 0 Å². The predicted molar refractivity (Wildman–Crippen MR) is 60.2 cm³/mol. The molecule has 1 N–H and O–H groups in total. The van der Waals surface area contributed by atoms with Crippen molar-refractivity contribution in [2.24, 2.45) is 5.41 Å². The van der Waals surface area contributed by atoms with Crippen LogP contribution in [-0.4, -0.2) is 71.8 Å². The molecule has 2 amide bonds. The number of rotatable bonds is 3. The Morgan fingerprint density at radius 1 is 1.33 bits per heavy atom. The first-order chi connectivity index (χ1) is 9.67. The van der Waals surface area contributed by atoms with E-state index in [0.717, 1.165) is 9.80 Å². The first-order valence-corrected chi connectivity index (χ1v) is 6.17. The SMILES string of the molecule is O=C(CN1CCC(C(=O)O)(C(F)(F)F)C1)N1CCOC1=O. The number of nitrogens with zero attached hydrogens (tertiary/aromatic N) is 2. The second-order valence-electron chi connectivity index (χ2n) is 5.01. The number of imide groups is 1. The number of halogens is 3. The van der Waals surface area contributed by atoms with Crippen LogP contribution in [0.25, 0.3) is 0 Å². The molecule has 0 aromatic carbocycles. The summed E-state index contributed by atoms with van der Waals surface area (Å²) in [5.74, 6) is -2.65. The number of carboxylic acid groups (broad SMARTS) is 1. The minimum absolute atomic E-state index is 0.0478. The highest BCUT2D eigenvalue weighted by molar-refractivity contribution is 5.94. The van der Waals surface area contributed by atoms with Crippen molar-refractivity contribution in [1.82, 2.24) is 9.80 Å². The van der Waals surface area contributed by atoms with Gasteiger partial charge in [0.15, 0.2) is 5.41 Å². The highest BCUT2D eigenvalue weighted by Crippen LogP contribution is 2.45. The first-order valence-electron chi connectivity index (χ1n) is 6.17. The highest BCUT2D eigenvalue weighted by atomic mass is 19.4. The van der Waals surface area contributed by atoms with E-state index in [1.807, 2.05) is 0 Å². The lowest BCUT2D eigenvalue weighted by Gasteiger charge is -2.27. The molecule has 2 heterocycles. The van der Waals surface area contributed by atoms with Gasteiger partial charge in [-0.25, -0.2) is 9.69 Å². The summed E-state index contributed by atoms with van der Waals surface area (Å²) in [6.45, 7) is -1.33. The van der Waals surface area contributed by atoms with E-state index in [4.69, 9.17) is 5.11 Å². The lowest BCUT2D eigenvalue weighted by atomic mass is 9.86. The fourth-order valence-corrected chi connectivity index (χ4v) is 2.45. The summed E-state index contributed by atoms with van der Waals surface area (Å²) in [5.41, 5.74) is -2.86. The number of likely N-dealkylation sites (tertiary alicyclic amines) is 1. The molecule has 1 atom stereocenters. The number of alkyl halides is 3. The van der Waals surface area contributed by atoms with Gasteiger partial charge in [0.2, 0.25) is 5.91 Å². The van der Waals surface area contributed by atoms with Gasteiger partial charge < -0.3 is 9.84 Å². The van der Waals surface area contributed by atoms with E-state index in [9.17, 15) is 27.6 Å². The molecule has 2 rings (SSSR count). The zero-order valence-electron chi connectivity index (χ0n) is 10.9. The van der Waals surface area contributed by atoms with E-state index in [0.29, 0.717) is 0 Å². The van der Waals surface area contributed by atoms with Crippen molar-refractivity contribution in [2.45, 2.75) is 12.6 Å². The molecule has 21 heavy (non-hydrogen) atoms. The van der Waals surface area contributed by atoms with Crippen molar-refractivity contribution in [3.8, 4) is 0 Å². The minimum Gasteiger partial charge on any atom is -0.481 e. The van der Waals surface area contributed by atoms with Gasteiger partial charge in [0.05, 0.1) is 13.1 Å². The molecule has 2 aliphatic heterocycles. The second kappa shape index (κ2) is 5.17. The van der Waals surface area contributed by atoms with E-state index in [1.165, 1.54) is 0 Å². The summed E-state index contributed by atoms with van der Waals surface area (Å²) in [6, 6.07) is 0. The minimum atomic E-state index is -4.90. The number of aliphatic carboxylic acids is 1. The highest BCUT2D eigenvalue weighted by Gasteiger charge is 2.63. The third-order valence-electron chi connectivity index (χ3n) is 3.72. The number of cyclic esters (lactones) is 1. The van der Waals surface area contributed by atoms with Crippen molar-refractivity contribution in [2.75, 3.05) is 32.8 Å². The standard InChI is InChI=1S/C11H13F3N2O5/c12-11(13,14)10(8(18)19)1-2-15(6-10)5-7(17)16-3-4-21-9(16)20/h1-6H2,(H,18,19). The molecule has 0 saturated carbocycles. The summed E-state index contributed by atoms with van der Waals surface area (Å²) in [7, 11) is 0. The van der Waals surface area contributed by atoms with Crippen molar-refractivity contribution in [3.05, 3.63) is 0 Å². The van der Waals surface area contributed by atoms with E-state index >= 15 is 0 Å². The molecule has 0 bridgehead atoms. The van der Waals surface area contributed by atoms with Gasteiger partial charge in [-0.15, -0.1) is 0 Å². The number of ether oxygens (including phenoxy) is 1. The molecule has 2 fully saturated rings. The van der Waals surface area contributed by atoms with Crippen LogP contribution in [0.5, 0.6) is 0 Å². The zero-order chi connectivity index (χ0) is 15.8. The lowest BCUT2D eigenvalue weighted by Crippen LogP contribution is -2.48. The van der Waals surface area contributed by atoms with Crippen LogP contribution < -0.4 is 0 Å². The molecule has 10 heteroatoms. The average Bonchev–Trinajstić information content (AvgIpc) is 2.95. The first kappa shape index (κ1) is 15.5. The summed E-state index contributed by atoms with van der Waals surface area (Å²) >= 11 is 0. The number of carbonyl (C=O) groups excluding carboxylic acids is 2. The topological polar surface area (TPSA) is 87.2 Å². The van der Waals surface area contributed by atoms with Crippen molar-refractivity contribution in [3.63, 3.8) is 0 Å². The van der Waals surface area contributed by atoms with Crippen molar-refractivity contribution >= 4 is 18.0 Å². The van der Waals surface area contributed by atoms with E-state index < -0.39 is 49.1 Å². The van der Waals surface area contributed by atoms with E-state index in [2.05, 4.69) is 4.74 Å². The normalized spacial score (nSPS) is 27.0. The van der Waals surface area contributed by atoms with Gasteiger partial charge in [-0.2, -0.15) is 13.2 Å². The Kier molecular flexibility index (Phi) is 3.83. The van der Waals surface area contributed by atoms with E-state index in [1.54, 1.807) is 0 Å². The molecule has 0 aromatic rings. The van der Waals surface area contributed by atoms with Crippen LogP contribution in [0.4, 0.5) is 18.0 Å². The van der Waals surface area contributed by atoms with Crippen LogP contribution >= 0.6 is 0 Å². The summed E-state index contributed by atoms with van der Waals surface area (Å²) in [4.78, 5) is 35.9. The van der Waals surface area contributed by atoms with Crippen molar-refractivity contribution in [1.29, 1.82) is 0 Å². The van der Waals surface area contributed by atoms with Crippen LogP contribution in [-0.2, 0) is 14.3 Å². The van der Waals surface area contributed by atoms with Gasteiger partial charge in [-0.1, -0.05) is 0 Å². The third kappa shape index (κ3) is 2.67. The van der Waals surface area contributed by atoms with Crippen LogP contribution in [0.15, 0.2) is 0 Å². The lowest BCUT2D eigenvalue weighted by molar-refractivity contribution is -0.227. The fourth-order valence-electron chi connectivity index (χ4n) is 2.45. The zero-order valence-corrected chi connectivity index (χ0v) is 10.9. The number of carbonyl (C=O) groups is 3. The van der Waals surface area contributed by atoms with Gasteiger partial charge in [0.1, 0.15) is 6.61 Å².